The van der Waals surface area contributed by atoms with Crippen molar-refractivity contribution in [2.24, 2.45) is 5.10 Å². The predicted molar refractivity (Wildman–Crippen MR) is 80.4 cm³/mol. The minimum Gasteiger partial charge on any atom is -0.505 e. The molecule has 5 nitrogen and oxygen atoms in total. The van der Waals surface area contributed by atoms with E-state index in [1.807, 2.05) is 0 Å². The molecule has 2 aromatic rings. The highest BCUT2D eigenvalue weighted by Gasteiger charge is 2.13. The van der Waals surface area contributed by atoms with E-state index in [0.717, 1.165) is 11.3 Å². The monoisotopic (exact) mass is 350 g/mol. The molecule has 9 heteroatoms. The molecule has 0 radical (unpaired) electrons. The molecule has 0 unspecified atom stereocenters. The summed E-state index contributed by atoms with van der Waals surface area (Å²) in [5, 5.41) is 14.8. The molecule has 0 atom stereocenters. The highest BCUT2D eigenvalue weighted by atomic mass is 35.5. The fraction of sp³-hybridized carbons (Fsp3) is 0. The molecule has 2 N–H and O–H groups in total. The molecular weight excluding hydrogens is 343 g/mol. The highest BCUT2D eigenvalue weighted by molar-refractivity contribution is 7.91. The zero-order chi connectivity index (χ0) is 14.8. The second kappa shape index (κ2) is 6.01. The number of rotatable bonds is 4. The van der Waals surface area contributed by atoms with Crippen LogP contribution in [0.5, 0.6) is 5.75 Å². The van der Waals surface area contributed by atoms with Crippen molar-refractivity contribution in [3.63, 3.8) is 0 Å². The number of hydrogen-bond acceptors (Lipinski definition) is 5. The van der Waals surface area contributed by atoms with Gasteiger partial charge in [-0.3, -0.25) is 0 Å². The fourth-order valence-corrected chi connectivity index (χ4v) is 3.57. The molecule has 0 bridgehead atoms. The molecule has 0 aliphatic heterocycles. The Labute approximate surface area is 129 Å². The first-order valence-electron chi connectivity index (χ1n) is 5.16. The molecule has 2 rings (SSSR count). The van der Waals surface area contributed by atoms with E-state index < -0.39 is 10.0 Å². The SMILES string of the molecule is O=S(=O)(N/N=C/c1cc(Cl)c(O)c(Cl)c1)c1cccs1. The van der Waals surface area contributed by atoms with E-state index in [1.54, 1.807) is 11.4 Å². The highest BCUT2D eigenvalue weighted by Crippen LogP contribution is 2.32. The summed E-state index contributed by atoms with van der Waals surface area (Å²) in [5.74, 6) is -0.232. The molecule has 1 heterocycles. The molecule has 106 valence electrons. The second-order valence-corrected chi connectivity index (χ2v) is 7.27. The molecule has 0 aliphatic carbocycles. The number of halogens is 2. The molecule has 0 fully saturated rings. The van der Waals surface area contributed by atoms with Crippen molar-refractivity contribution in [1.29, 1.82) is 0 Å². The standard InChI is InChI=1S/C11H8Cl2N2O3S2/c12-8-4-7(5-9(13)11(8)16)6-14-15-20(17,18)10-2-1-3-19-10/h1-6,15-16H/b14-6+. The van der Waals surface area contributed by atoms with Gasteiger partial charge in [0.1, 0.15) is 4.21 Å². The summed E-state index contributed by atoms with van der Waals surface area (Å²) in [5.41, 5.74) is 0.451. The van der Waals surface area contributed by atoms with Gasteiger partial charge < -0.3 is 5.11 Å². The first kappa shape index (κ1) is 15.1. The minimum absolute atomic E-state index is 0.0556. The van der Waals surface area contributed by atoms with Gasteiger partial charge in [0.2, 0.25) is 0 Å². The van der Waals surface area contributed by atoms with Crippen LogP contribution < -0.4 is 4.83 Å². The zero-order valence-corrected chi connectivity index (χ0v) is 12.9. The summed E-state index contributed by atoms with van der Waals surface area (Å²) >= 11 is 12.6. The molecular formula is C11H8Cl2N2O3S2. The van der Waals surface area contributed by atoms with Crippen LogP contribution in [-0.4, -0.2) is 19.7 Å². The normalized spacial score (nSPS) is 11.9. The van der Waals surface area contributed by atoms with Gasteiger partial charge >= 0.3 is 0 Å². The number of hydrogen-bond donors (Lipinski definition) is 2. The van der Waals surface area contributed by atoms with Crippen molar-refractivity contribution in [3.8, 4) is 5.75 Å². The van der Waals surface area contributed by atoms with Crippen LogP contribution >= 0.6 is 34.5 Å². The van der Waals surface area contributed by atoms with Crippen LogP contribution in [0.15, 0.2) is 39.0 Å². The summed E-state index contributed by atoms with van der Waals surface area (Å²) in [7, 11) is -3.66. The van der Waals surface area contributed by atoms with Crippen LogP contribution in [0.3, 0.4) is 0 Å². The number of sulfonamides is 1. The summed E-state index contributed by atoms with van der Waals surface area (Å²) in [6.07, 6.45) is 1.24. The Balaban J connectivity index is 2.15. The Kier molecular flexibility index (Phi) is 4.54. The van der Waals surface area contributed by atoms with Crippen LogP contribution in [0.25, 0.3) is 0 Å². The largest absolute Gasteiger partial charge is 0.505 e. The van der Waals surface area contributed by atoms with Gasteiger partial charge in [-0.15, -0.1) is 11.3 Å². The number of thiophene rings is 1. The first-order chi connectivity index (χ1) is 9.40. The lowest BCUT2D eigenvalue weighted by Crippen LogP contribution is -2.17. The van der Waals surface area contributed by atoms with Crippen molar-refractivity contribution in [2.75, 3.05) is 0 Å². The van der Waals surface area contributed by atoms with Crippen LogP contribution in [-0.2, 0) is 10.0 Å². The molecule has 0 saturated carbocycles. The Bertz CT molecular complexity index is 720. The Hall–Kier alpha value is -1.28. The van der Waals surface area contributed by atoms with Gasteiger partial charge in [0.05, 0.1) is 16.3 Å². The Morgan fingerprint density at radius 1 is 1.30 bits per heavy atom. The average Bonchev–Trinajstić information content (AvgIpc) is 2.90. The smallest absolute Gasteiger partial charge is 0.286 e. The zero-order valence-electron chi connectivity index (χ0n) is 9.75. The van der Waals surface area contributed by atoms with Gasteiger partial charge in [-0.25, -0.2) is 0 Å². The lowest BCUT2D eigenvalue weighted by molar-refractivity contribution is 0.476. The summed E-state index contributed by atoms with van der Waals surface area (Å²) in [6, 6.07) is 5.91. The Morgan fingerprint density at radius 3 is 2.50 bits per heavy atom. The third kappa shape index (κ3) is 3.43. The predicted octanol–water partition coefficient (Wildman–Crippen LogP) is 3.07. The molecule has 0 saturated heterocycles. The van der Waals surface area contributed by atoms with Crippen LogP contribution in [0.4, 0.5) is 0 Å². The lowest BCUT2D eigenvalue weighted by atomic mass is 10.2. The number of hydrazone groups is 1. The van der Waals surface area contributed by atoms with Crippen molar-refractivity contribution in [1.82, 2.24) is 4.83 Å². The molecule has 0 aliphatic rings. The van der Waals surface area contributed by atoms with E-state index >= 15 is 0 Å². The average molecular weight is 351 g/mol. The fourth-order valence-electron chi connectivity index (χ4n) is 1.29. The number of phenols is 1. The summed E-state index contributed by atoms with van der Waals surface area (Å²) in [6.45, 7) is 0. The van der Waals surface area contributed by atoms with Crippen LogP contribution in [0.1, 0.15) is 5.56 Å². The third-order valence-electron chi connectivity index (χ3n) is 2.19. The molecule has 1 aromatic heterocycles. The number of nitrogens with zero attached hydrogens (tertiary/aromatic N) is 1. The molecule has 20 heavy (non-hydrogen) atoms. The van der Waals surface area contributed by atoms with E-state index in [-0.39, 0.29) is 20.0 Å². The van der Waals surface area contributed by atoms with Crippen molar-refractivity contribution >= 4 is 50.8 Å². The topological polar surface area (TPSA) is 78.8 Å². The van der Waals surface area contributed by atoms with E-state index in [0.29, 0.717) is 5.56 Å². The maximum absolute atomic E-state index is 11.8. The number of phenolic OH excluding ortho intramolecular Hbond substituents is 1. The van der Waals surface area contributed by atoms with Crippen molar-refractivity contribution in [3.05, 3.63) is 45.3 Å². The molecule has 0 amide bonds. The van der Waals surface area contributed by atoms with E-state index in [9.17, 15) is 13.5 Å². The van der Waals surface area contributed by atoms with Gasteiger partial charge in [0.15, 0.2) is 5.75 Å². The second-order valence-electron chi connectivity index (χ2n) is 3.62. The van der Waals surface area contributed by atoms with Gasteiger partial charge in [-0.1, -0.05) is 29.3 Å². The molecule has 1 aromatic carbocycles. The Morgan fingerprint density at radius 2 is 1.95 bits per heavy atom. The minimum atomic E-state index is -3.66. The first-order valence-corrected chi connectivity index (χ1v) is 8.28. The van der Waals surface area contributed by atoms with Gasteiger partial charge in [0, 0.05) is 0 Å². The van der Waals surface area contributed by atoms with Gasteiger partial charge in [0.25, 0.3) is 10.0 Å². The quantitative estimate of drug-likeness (QED) is 0.656. The van der Waals surface area contributed by atoms with Gasteiger partial charge in [-0.2, -0.15) is 18.4 Å². The van der Waals surface area contributed by atoms with Crippen LogP contribution in [0.2, 0.25) is 10.0 Å². The number of benzene rings is 1. The maximum Gasteiger partial charge on any atom is 0.286 e. The summed E-state index contributed by atoms with van der Waals surface area (Å²) in [4.78, 5) is 2.07. The van der Waals surface area contributed by atoms with Crippen LogP contribution in [0, 0.1) is 0 Å². The van der Waals surface area contributed by atoms with E-state index in [1.165, 1.54) is 24.4 Å². The maximum atomic E-state index is 11.8. The number of nitrogens with one attached hydrogen (secondary N) is 1. The number of aromatic hydroxyl groups is 1. The van der Waals surface area contributed by atoms with Gasteiger partial charge in [-0.05, 0) is 29.1 Å². The summed E-state index contributed by atoms with van der Waals surface area (Å²) < 4.78 is 23.7. The third-order valence-corrected chi connectivity index (χ3v) is 5.38. The molecule has 0 spiro atoms. The van der Waals surface area contributed by atoms with Crippen molar-refractivity contribution < 1.29 is 13.5 Å². The van der Waals surface area contributed by atoms with E-state index in [2.05, 4.69) is 9.93 Å². The lowest BCUT2D eigenvalue weighted by Gasteiger charge is -2.02. The van der Waals surface area contributed by atoms with E-state index in [4.69, 9.17) is 23.2 Å². The van der Waals surface area contributed by atoms with Crippen molar-refractivity contribution in [2.45, 2.75) is 4.21 Å².